The maximum atomic E-state index is 14.1. The van der Waals surface area contributed by atoms with Crippen LogP contribution in [0.1, 0.15) is 15.9 Å². The molecule has 0 spiro atoms. The largest absolute Gasteiger partial charge is 0.496 e. The molecule has 0 aliphatic heterocycles. The van der Waals surface area contributed by atoms with Gasteiger partial charge in [-0.05, 0) is 60.7 Å². The monoisotopic (exact) mass is 524 g/mol. The smallest absolute Gasteiger partial charge is 0.255 e. The van der Waals surface area contributed by atoms with E-state index in [9.17, 15) is 22.0 Å². The molecule has 3 aromatic rings. The Labute approximate surface area is 193 Å². The first-order valence-electron chi connectivity index (χ1n) is 9.25. The zero-order valence-corrected chi connectivity index (χ0v) is 19.5. The Morgan fingerprint density at radius 2 is 1.75 bits per heavy atom. The Balaban J connectivity index is 1.94. The highest BCUT2D eigenvalue weighted by atomic mass is 79.9. The Hall–Kier alpha value is -2.98. The second-order valence-electron chi connectivity index (χ2n) is 6.85. The maximum Gasteiger partial charge on any atom is 0.255 e. The zero-order chi connectivity index (χ0) is 23.5. The van der Waals surface area contributed by atoms with Crippen LogP contribution in [0.25, 0.3) is 0 Å². The van der Waals surface area contributed by atoms with Crippen molar-refractivity contribution < 1.29 is 26.7 Å². The summed E-state index contributed by atoms with van der Waals surface area (Å²) in [6.45, 7) is -0.165. The normalized spacial score (nSPS) is 11.2. The fourth-order valence-electron chi connectivity index (χ4n) is 2.99. The molecule has 3 aromatic carbocycles. The van der Waals surface area contributed by atoms with Gasteiger partial charge in [-0.3, -0.25) is 9.10 Å². The molecule has 32 heavy (non-hydrogen) atoms. The number of sulfonamides is 1. The molecule has 0 radical (unpaired) electrons. The molecule has 10 heteroatoms. The highest BCUT2D eigenvalue weighted by Crippen LogP contribution is 2.27. The van der Waals surface area contributed by atoms with Crippen LogP contribution in [0.15, 0.2) is 65.1 Å². The lowest BCUT2D eigenvalue weighted by atomic mass is 10.1. The minimum Gasteiger partial charge on any atom is -0.496 e. The highest BCUT2D eigenvalue weighted by molar-refractivity contribution is 9.10. The SMILES string of the molecule is COc1ccc(C(=O)Nc2ccc(Br)cc2F)cc1CN(c1ccc(F)cc1)S(C)(=O)=O. The molecule has 0 fully saturated rings. The lowest BCUT2D eigenvalue weighted by Crippen LogP contribution is -2.29. The number of anilines is 2. The number of hydrogen-bond acceptors (Lipinski definition) is 4. The molecule has 0 unspecified atom stereocenters. The van der Waals surface area contributed by atoms with Crippen LogP contribution in [0.5, 0.6) is 5.75 Å². The summed E-state index contributed by atoms with van der Waals surface area (Å²) in [7, 11) is -2.33. The second-order valence-corrected chi connectivity index (χ2v) is 9.67. The summed E-state index contributed by atoms with van der Waals surface area (Å²) in [6, 6.07) is 13.7. The number of nitrogens with one attached hydrogen (secondary N) is 1. The van der Waals surface area contributed by atoms with E-state index in [4.69, 9.17) is 4.74 Å². The molecule has 0 aliphatic rings. The molecular formula is C22H19BrF2N2O4S. The van der Waals surface area contributed by atoms with Gasteiger partial charge in [0.2, 0.25) is 10.0 Å². The number of carbonyl (C=O) groups is 1. The molecule has 0 bridgehead atoms. The van der Waals surface area contributed by atoms with Crippen molar-refractivity contribution >= 4 is 43.2 Å². The van der Waals surface area contributed by atoms with Gasteiger partial charge in [-0.25, -0.2) is 17.2 Å². The van der Waals surface area contributed by atoms with E-state index in [0.29, 0.717) is 15.8 Å². The average Bonchev–Trinajstić information content (AvgIpc) is 2.73. The van der Waals surface area contributed by atoms with Crippen molar-refractivity contribution in [2.45, 2.75) is 6.54 Å². The molecule has 0 heterocycles. The van der Waals surface area contributed by atoms with Crippen molar-refractivity contribution in [1.82, 2.24) is 0 Å². The van der Waals surface area contributed by atoms with Crippen LogP contribution in [0.2, 0.25) is 0 Å². The van der Waals surface area contributed by atoms with Gasteiger partial charge >= 0.3 is 0 Å². The first-order chi connectivity index (χ1) is 15.1. The Morgan fingerprint density at radius 3 is 2.34 bits per heavy atom. The molecule has 0 aromatic heterocycles. The van der Waals surface area contributed by atoms with E-state index in [1.165, 1.54) is 49.6 Å². The Morgan fingerprint density at radius 1 is 1.06 bits per heavy atom. The van der Waals surface area contributed by atoms with Crippen molar-refractivity contribution in [2.75, 3.05) is 23.0 Å². The number of ether oxygens (including phenoxy) is 1. The number of halogens is 3. The van der Waals surface area contributed by atoms with Gasteiger partial charge in [0.05, 0.1) is 31.3 Å². The molecule has 0 aliphatic carbocycles. The summed E-state index contributed by atoms with van der Waals surface area (Å²) < 4.78 is 59.1. The van der Waals surface area contributed by atoms with Gasteiger partial charge in [0.15, 0.2) is 0 Å². The quantitative estimate of drug-likeness (QED) is 0.474. The van der Waals surface area contributed by atoms with Gasteiger partial charge in [-0.1, -0.05) is 15.9 Å². The first-order valence-corrected chi connectivity index (χ1v) is 11.9. The van der Waals surface area contributed by atoms with Crippen molar-refractivity contribution in [3.63, 3.8) is 0 Å². The van der Waals surface area contributed by atoms with E-state index in [1.807, 2.05) is 0 Å². The standard InChI is InChI=1S/C22H19BrF2N2O4S/c1-31-21-10-3-14(22(28)26-20-9-4-16(23)12-19(20)25)11-15(21)13-27(32(2,29)30)18-7-5-17(24)6-8-18/h3-12H,13H2,1-2H3,(H,26,28). The van der Waals surface area contributed by atoms with Crippen molar-refractivity contribution in [1.29, 1.82) is 0 Å². The second kappa shape index (κ2) is 9.66. The Bertz CT molecular complexity index is 1250. The lowest BCUT2D eigenvalue weighted by molar-refractivity contribution is 0.102. The number of hydrogen-bond donors (Lipinski definition) is 1. The molecular weight excluding hydrogens is 506 g/mol. The molecule has 168 valence electrons. The van der Waals surface area contributed by atoms with Crippen LogP contribution in [0.3, 0.4) is 0 Å². The molecule has 6 nitrogen and oxygen atoms in total. The van der Waals surface area contributed by atoms with Crippen molar-refractivity contribution in [3.05, 3.63) is 87.9 Å². The highest BCUT2D eigenvalue weighted by Gasteiger charge is 2.21. The average molecular weight is 525 g/mol. The number of nitrogens with zero attached hydrogens (tertiary/aromatic N) is 1. The third-order valence-electron chi connectivity index (χ3n) is 4.55. The van der Waals surface area contributed by atoms with Crippen LogP contribution in [-0.2, 0) is 16.6 Å². The Kier molecular flexibility index (Phi) is 7.15. The lowest BCUT2D eigenvalue weighted by Gasteiger charge is -2.24. The first kappa shape index (κ1) is 23.7. The fraction of sp³-hybridized carbons (Fsp3) is 0.136. The van der Waals surface area contributed by atoms with E-state index in [-0.39, 0.29) is 23.5 Å². The number of rotatable bonds is 7. The van der Waals surface area contributed by atoms with Gasteiger partial charge in [0, 0.05) is 15.6 Å². The van der Waals surface area contributed by atoms with Crippen LogP contribution in [-0.4, -0.2) is 27.7 Å². The summed E-state index contributed by atoms with van der Waals surface area (Å²) in [4.78, 5) is 12.7. The molecule has 0 saturated carbocycles. The third-order valence-corrected chi connectivity index (χ3v) is 6.18. The predicted octanol–water partition coefficient (Wildman–Crippen LogP) is 4.95. The molecule has 3 rings (SSSR count). The molecule has 1 N–H and O–H groups in total. The molecule has 0 saturated heterocycles. The van der Waals surface area contributed by atoms with Crippen LogP contribution in [0, 0.1) is 11.6 Å². The van der Waals surface area contributed by atoms with E-state index in [1.54, 1.807) is 6.07 Å². The maximum absolute atomic E-state index is 14.1. The van der Waals surface area contributed by atoms with Crippen molar-refractivity contribution in [3.8, 4) is 5.75 Å². The van der Waals surface area contributed by atoms with Crippen LogP contribution in [0.4, 0.5) is 20.2 Å². The summed E-state index contributed by atoms with van der Waals surface area (Å²) >= 11 is 3.15. The van der Waals surface area contributed by atoms with Crippen LogP contribution < -0.4 is 14.4 Å². The number of methoxy groups -OCH3 is 1. The summed E-state index contributed by atoms with van der Waals surface area (Å²) in [5.41, 5.74) is 0.823. The van der Waals surface area contributed by atoms with E-state index in [2.05, 4.69) is 21.2 Å². The van der Waals surface area contributed by atoms with E-state index in [0.717, 1.165) is 22.7 Å². The zero-order valence-electron chi connectivity index (χ0n) is 17.1. The van der Waals surface area contributed by atoms with E-state index >= 15 is 0 Å². The van der Waals surface area contributed by atoms with E-state index < -0.39 is 27.6 Å². The van der Waals surface area contributed by atoms with Gasteiger partial charge in [-0.2, -0.15) is 0 Å². The van der Waals surface area contributed by atoms with Gasteiger partial charge in [-0.15, -0.1) is 0 Å². The fourth-order valence-corrected chi connectivity index (χ4v) is 4.20. The minimum absolute atomic E-state index is 0.000331. The predicted molar refractivity (Wildman–Crippen MR) is 122 cm³/mol. The van der Waals surface area contributed by atoms with Gasteiger partial charge in [0.25, 0.3) is 5.91 Å². The van der Waals surface area contributed by atoms with Gasteiger partial charge in [0.1, 0.15) is 17.4 Å². The number of carbonyl (C=O) groups excluding carboxylic acids is 1. The number of benzene rings is 3. The molecule has 0 atom stereocenters. The van der Waals surface area contributed by atoms with Crippen molar-refractivity contribution in [2.24, 2.45) is 0 Å². The summed E-state index contributed by atoms with van der Waals surface area (Å²) in [6.07, 6.45) is 1.02. The third kappa shape index (κ3) is 5.63. The summed E-state index contributed by atoms with van der Waals surface area (Å²) in [5, 5.41) is 2.49. The topological polar surface area (TPSA) is 75.7 Å². The number of amides is 1. The molecule has 1 amide bonds. The minimum atomic E-state index is -3.74. The summed E-state index contributed by atoms with van der Waals surface area (Å²) in [5.74, 6) is -1.34. The van der Waals surface area contributed by atoms with Crippen LogP contribution >= 0.6 is 15.9 Å². The van der Waals surface area contributed by atoms with Gasteiger partial charge < -0.3 is 10.1 Å².